The van der Waals surface area contributed by atoms with Gasteiger partial charge in [-0.25, -0.2) is 4.39 Å². The summed E-state index contributed by atoms with van der Waals surface area (Å²) < 4.78 is 13.6. The molecule has 0 amide bonds. The number of aryl methyl sites for hydroxylation is 2. The summed E-state index contributed by atoms with van der Waals surface area (Å²) in [5, 5.41) is 0.0334. The summed E-state index contributed by atoms with van der Waals surface area (Å²) in [6, 6.07) is 3.81. The molecule has 0 aliphatic heterocycles. The lowest BCUT2D eigenvalue weighted by atomic mass is 9.85. The van der Waals surface area contributed by atoms with Gasteiger partial charge in [-0.2, -0.15) is 0 Å². The highest BCUT2D eigenvalue weighted by Gasteiger charge is 2.19. The van der Waals surface area contributed by atoms with Gasteiger partial charge in [-0.3, -0.25) is 0 Å². The van der Waals surface area contributed by atoms with Crippen molar-refractivity contribution >= 4 is 11.6 Å². The minimum Gasteiger partial charge on any atom is -0.206 e. The largest absolute Gasteiger partial charge is 0.206 e. The van der Waals surface area contributed by atoms with Crippen LogP contribution in [0.25, 0.3) is 0 Å². The summed E-state index contributed by atoms with van der Waals surface area (Å²) in [4.78, 5) is 0. The molecule has 0 bridgehead atoms. The lowest BCUT2D eigenvalue weighted by molar-refractivity contribution is 0.336. The summed E-state index contributed by atoms with van der Waals surface area (Å²) in [7, 11) is 0. The van der Waals surface area contributed by atoms with E-state index in [0.29, 0.717) is 11.1 Å². The minimum atomic E-state index is -0.0970. The van der Waals surface area contributed by atoms with Crippen LogP contribution in [-0.4, -0.2) is 0 Å². The zero-order chi connectivity index (χ0) is 13.1. The van der Waals surface area contributed by atoms with Gasteiger partial charge < -0.3 is 0 Å². The molecule has 100 valence electrons. The molecule has 1 unspecified atom stereocenters. The van der Waals surface area contributed by atoms with Crippen LogP contribution in [0, 0.1) is 25.6 Å². The Bertz CT molecular complexity index is 385. The number of hydrogen-bond acceptors (Lipinski definition) is 0. The van der Waals surface area contributed by atoms with E-state index in [0.717, 1.165) is 17.9 Å². The van der Waals surface area contributed by atoms with Crippen molar-refractivity contribution in [1.82, 2.24) is 0 Å². The van der Waals surface area contributed by atoms with Gasteiger partial charge in [-0.15, -0.1) is 11.6 Å². The fourth-order valence-corrected chi connectivity index (χ4v) is 3.39. The van der Waals surface area contributed by atoms with E-state index in [4.69, 9.17) is 11.6 Å². The SMILES string of the molecule is Cc1cc(C(Cl)CC2CCCCC2)cc(C)c1F. The quantitative estimate of drug-likeness (QED) is 0.618. The molecule has 0 heterocycles. The topological polar surface area (TPSA) is 0 Å². The van der Waals surface area contributed by atoms with Gasteiger partial charge in [0, 0.05) is 0 Å². The third-order valence-electron chi connectivity index (χ3n) is 4.09. The van der Waals surface area contributed by atoms with E-state index in [-0.39, 0.29) is 11.2 Å². The first-order valence-corrected chi connectivity index (χ1v) is 7.42. The predicted molar refractivity (Wildman–Crippen MR) is 75.7 cm³/mol. The molecular formula is C16H22ClF. The Hall–Kier alpha value is -0.560. The first-order valence-electron chi connectivity index (χ1n) is 6.98. The van der Waals surface area contributed by atoms with Crippen molar-refractivity contribution in [2.45, 2.75) is 57.7 Å². The molecule has 0 nitrogen and oxygen atoms in total. The van der Waals surface area contributed by atoms with E-state index < -0.39 is 0 Å². The Balaban J connectivity index is 2.06. The van der Waals surface area contributed by atoms with Gasteiger partial charge in [0.2, 0.25) is 0 Å². The molecule has 1 atom stereocenters. The fourth-order valence-electron chi connectivity index (χ4n) is 3.01. The Morgan fingerprint density at radius 3 is 2.28 bits per heavy atom. The van der Waals surface area contributed by atoms with Crippen LogP contribution in [0.2, 0.25) is 0 Å². The van der Waals surface area contributed by atoms with Crippen molar-refractivity contribution in [3.05, 3.63) is 34.6 Å². The maximum absolute atomic E-state index is 13.6. The van der Waals surface area contributed by atoms with E-state index in [1.807, 2.05) is 26.0 Å². The fraction of sp³-hybridized carbons (Fsp3) is 0.625. The van der Waals surface area contributed by atoms with E-state index >= 15 is 0 Å². The summed E-state index contributed by atoms with van der Waals surface area (Å²) in [5.41, 5.74) is 2.50. The molecule has 1 aromatic rings. The summed E-state index contributed by atoms with van der Waals surface area (Å²) in [6.07, 6.45) is 7.71. The average molecular weight is 269 g/mol. The minimum absolute atomic E-state index is 0.0334. The summed E-state index contributed by atoms with van der Waals surface area (Å²) >= 11 is 6.51. The number of alkyl halides is 1. The molecule has 1 aliphatic rings. The zero-order valence-electron chi connectivity index (χ0n) is 11.3. The van der Waals surface area contributed by atoms with E-state index in [1.54, 1.807) is 0 Å². The highest BCUT2D eigenvalue weighted by atomic mass is 35.5. The van der Waals surface area contributed by atoms with Crippen molar-refractivity contribution in [2.24, 2.45) is 5.92 Å². The Kier molecular flexibility index (Phi) is 4.66. The van der Waals surface area contributed by atoms with Gasteiger partial charge in [0.1, 0.15) is 5.82 Å². The second-order valence-corrected chi connectivity index (χ2v) is 6.20. The smallest absolute Gasteiger partial charge is 0.129 e. The highest BCUT2D eigenvalue weighted by Crippen LogP contribution is 2.36. The molecule has 1 aliphatic carbocycles. The lowest BCUT2D eigenvalue weighted by Crippen LogP contribution is -2.09. The molecule has 2 heteroatoms. The van der Waals surface area contributed by atoms with Crippen molar-refractivity contribution < 1.29 is 4.39 Å². The average Bonchev–Trinajstić information content (AvgIpc) is 2.36. The molecule has 1 fully saturated rings. The van der Waals surface area contributed by atoms with Crippen LogP contribution in [0.3, 0.4) is 0 Å². The summed E-state index contributed by atoms with van der Waals surface area (Å²) in [5.74, 6) is 0.659. The number of hydrogen-bond donors (Lipinski definition) is 0. The molecule has 2 rings (SSSR count). The monoisotopic (exact) mass is 268 g/mol. The first kappa shape index (κ1) is 13.9. The third-order valence-corrected chi connectivity index (χ3v) is 4.52. The maximum Gasteiger partial charge on any atom is 0.129 e. The molecule has 18 heavy (non-hydrogen) atoms. The van der Waals surface area contributed by atoms with Crippen molar-refractivity contribution in [3.63, 3.8) is 0 Å². The van der Waals surface area contributed by atoms with Gasteiger partial charge in [0.15, 0.2) is 0 Å². The van der Waals surface area contributed by atoms with Crippen LogP contribution >= 0.6 is 11.6 Å². The third kappa shape index (κ3) is 3.26. The van der Waals surface area contributed by atoms with Gasteiger partial charge >= 0.3 is 0 Å². The summed E-state index contributed by atoms with van der Waals surface area (Å²) in [6.45, 7) is 3.63. The molecule has 0 radical (unpaired) electrons. The first-order chi connectivity index (χ1) is 8.58. The molecule has 0 aromatic heterocycles. The van der Waals surface area contributed by atoms with Crippen molar-refractivity contribution in [3.8, 4) is 0 Å². The highest BCUT2D eigenvalue weighted by molar-refractivity contribution is 6.20. The Morgan fingerprint density at radius 1 is 1.17 bits per heavy atom. The van der Waals surface area contributed by atoms with Crippen LogP contribution in [-0.2, 0) is 0 Å². The van der Waals surface area contributed by atoms with Crippen LogP contribution in [0.4, 0.5) is 4.39 Å². The second-order valence-electron chi connectivity index (χ2n) is 5.68. The molecule has 1 aromatic carbocycles. The molecular weight excluding hydrogens is 247 g/mol. The second kappa shape index (κ2) is 6.06. The van der Waals surface area contributed by atoms with Crippen molar-refractivity contribution in [1.29, 1.82) is 0 Å². The molecule has 1 saturated carbocycles. The Morgan fingerprint density at radius 2 is 1.72 bits per heavy atom. The van der Waals surface area contributed by atoms with E-state index in [1.165, 1.54) is 32.1 Å². The molecule has 0 spiro atoms. The molecule has 0 saturated heterocycles. The number of rotatable bonds is 3. The standard InChI is InChI=1S/C16H22ClF/c1-11-8-14(9-12(2)16(11)18)15(17)10-13-6-4-3-5-7-13/h8-9,13,15H,3-7,10H2,1-2H3. The number of benzene rings is 1. The zero-order valence-corrected chi connectivity index (χ0v) is 12.1. The van der Waals surface area contributed by atoms with Crippen LogP contribution in [0.1, 0.15) is 60.6 Å². The van der Waals surface area contributed by atoms with Crippen LogP contribution in [0.5, 0.6) is 0 Å². The maximum atomic E-state index is 13.6. The lowest BCUT2D eigenvalue weighted by Gasteiger charge is -2.24. The van der Waals surface area contributed by atoms with Crippen molar-refractivity contribution in [2.75, 3.05) is 0 Å². The van der Waals surface area contributed by atoms with Gasteiger partial charge in [0.05, 0.1) is 5.38 Å². The number of halogens is 2. The predicted octanol–water partition coefficient (Wildman–Crippen LogP) is 5.69. The van der Waals surface area contributed by atoms with E-state index in [2.05, 4.69) is 0 Å². The molecule has 0 N–H and O–H groups in total. The Labute approximate surface area is 115 Å². The normalized spacial score (nSPS) is 18.9. The van der Waals surface area contributed by atoms with Gasteiger partial charge in [-0.1, -0.05) is 44.2 Å². The van der Waals surface area contributed by atoms with Crippen LogP contribution < -0.4 is 0 Å². The van der Waals surface area contributed by atoms with Crippen LogP contribution in [0.15, 0.2) is 12.1 Å². The van der Waals surface area contributed by atoms with E-state index in [9.17, 15) is 4.39 Å². The van der Waals surface area contributed by atoms with Gasteiger partial charge in [0.25, 0.3) is 0 Å². The van der Waals surface area contributed by atoms with Gasteiger partial charge in [-0.05, 0) is 42.9 Å².